The Balaban J connectivity index is 5.35. The van der Waals surface area contributed by atoms with E-state index in [0.717, 1.165) is 64.2 Å². The Kier molecular flexibility index (Phi) is 47.6. The van der Waals surface area contributed by atoms with Gasteiger partial charge in [0.25, 0.3) is 7.82 Å². The number of esters is 1. The van der Waals surface area contributed by atoms with E-state index >= 15 is 0 Å². The molecule has 0 aromatic rings. The highest BCUT2D eigenvalue weighted by molar-refractivity contribution is 7.45. The highest BCUT2D eigenvalue weighted by Gasteiger charge is 2.27. The van der Waals surface area contributed by atoms with Crippen molar-refractivity contribution in [2.75, 3.05) is 40.9 Å². The molecule has 9 nitrogen and oxygen atoms in total. The second-order valence-corrected chi connectivity index (χ2v) is 22.2. The Morgan fingerprint density at radius 3 is 1.31 bits per heavy atom. The molecule has 0 rings (SSSR count). The lowest BCUT2D eigenvalue weighted by atomic mass is 10.0. The summed E-state index contributed by atoms with van der Waals surface area (Å²) in [5.41, 5.74) is 0. The van der Waals surface area contributed by atoms with E-state index in [1.165, 1.54) is 167 Å². The van der Waals surface area contributed by atoms with Crippen molar-refractivity contribution in [3.05, 3.63) is 36.5 Å². The van der Waals surface area contributed by atoms with Gasteiger partial charge in [0.2, 0.25) is 5.91 Å². The number of hydrogen-bond donors (Lipinski definition) is 1. The van der Waals surface area contributed by atoms with Crippen LogP contribution in [0.1, 0.15) is 271 Å². The molecule has 0 radical (unpaired) electrons. The van der Waals surface area contributed by atoms with Crippen molar-refractivity contribution in [2.24, 2.45) is 0 Å². The molecule has 0 bridgehead atoms. The van der Waals surface area contributed by atoms with Crippen molar-refractivity contribution in [3.8, 4) is 0 Å². The van der Waals surface area contributed by atoms with Crippen LogP contribution in [-0.4, -0.2) is 69.4 Å². The van der Waals surface area contributed by atoms with Crippen LogP contribution in [0.15, 0.2) is 36.5 Å². The molecule has 0 aromatic heterocycles. The third-order valence-electron chi connectivity index (χ3n) is 12.9. The van der Waals surface area contributed by atoms with E-state index in [1.807, 2.05) is 33.3 Å². The third-order valence-corrected chi connectivity index (χ3v) is 13.8. The SMILES string of the molecule is CCCCCCCCC/C=C/C=C/CCCCCC(=O)NC(COP(=O)([O-])OCC[N+](C)(C)C)C(/C=C/CCCCCCCCCCC)OC(=O)CCCCCCCCCCCCCCCCC. The first kappa shape index (κ1) is 66.2. The summed E-state index contributed by atoms with van der Waals surface area (Å²) in [5.74, 6) is -0.563. The van der Waals surface area contributed by atoms with Crippen LogP contribution >= 0.6 is 7.82 Å². The predicted octanol–water partition coefficient (Wildman–Crippen LogP) is 16.5. The minimum atomic E-state index is -4.69. The normalized spacial score (nSPS) is 14.0. The van der Waals surface area contributed by atoms with Crippen molar-refractivity contribution in [1.29, 1.82) is 0 Å². The molecule has 0 aliphatic heterocycles. The summed E-state index contributed by atoms with van der Waals surface area (Å²) in [7, 11) is 1.17. The zero-order valence-electron chi connectivity index (χ0n) is 45.6. The summed E-state index contributed by atoms with van der Waals surface area (Å²) in [6, 6.07) is -0.896. The van der Waals surface area contributed by atoms with E-state index in [4.69, 9.17) is 13.8 Å². The predicted molar refractivity (Wildman–Crippen MR) is 289 cm³/mol. The number of nitrogens with zero attached hydrogens (tertiary/aromatic N) is 1. The average Bonchev–Trinajstić information content (AvgIpc) is 3.29. The lowest BCUT2D eigenvalue weighted by molar-refractivity contribution is -0.870. The summed E-state index contributed by atoms with van der Waals surface area (Å²) in [6.07, 6.45) is 56.8. The number of ether oxygens (including phenoxy) is 1. The van der Waals surface area contributed by atoms with Crippen LogP contribution in [0.5, 0.6) is 0 Å². The molecule has 3 unspecified atom stereocenters. The number of likely N-dealkylation sites (N-methyl/N-ethyl adjacent to an activating group) is 1. The standard InChI is InChI=1S/C58H111N2O7P/c1-7-10-13-16-19-22-25-27-29-31-32-35-38-41-44-47-50-57(61)59-55(54-66-68(63,64)65-53-52-60(4,5)6)56(49-46-43-40-37-34-24-21-18-15-12-9-3)67-58(62)51-48-45-42-39-36-33-30-28-26-23-20-17-14-11-8-2/h29,31-32,35,46,49,55-56H,7-28,30,33-34,36-45,47-48,50-54H2,1-6H3,(H-,59,61,63,64)/b31-29+,35-32+,49-46+. The fraction of sp³-hybridized carbons (Fsp3) is 0.862. The van der Waals surface area contributed by atoms with Crippen LogP contribution in [0, 0.1) is 0 Å². The van der Waals surface area contributed by atoms with E-state index in [-0.39, 0.29) is 31.3 Å². The monoisotopic (exact) mass is 979 g/mol. The van der Waals surface area contributed by atoms with Crippen LogP contribution in [0.25, 0.3) is 0 Å². The lowest BCUT2D eigenvalue weighted by Gasteiger charge is -2.30. The smallest absolute Gasteiger partial charge is 0.306 e. The van der Waals surface area contributed by atoms with Crippen LogP contribution in [0.2, 0.25) is 0 Å². The van der Waals surface area contributed by atoms with Gasteiger partial charge < -0.3 is 28.5 Å². The Morgan fingerprint density at radius 1 is 0.515 bits per heavy atom. The summed E-state index contributed by atoms with van der Waals surface area (Å²) in [6.45, 7) is 6.82. The van der Waals surface area contributed by atoms with E-state index in [0.29, 0.717) is 17.4 Å². The number of hydrogen-bond acceptors (Lipinski definition) is 7. The molecule has 0 saturated heterocycles. The molecule has 68 heavy (non-hydrogen) atoms. The highest BCUT2D eigenvalue weighted by atomic mass is 31.2. The molecule has 0 aliphatic carbocycles. The van der Waals surface area contributed by atoms with Crippen molar-refractivity contribution < 1.29 is 37.3 Å². The van der Waals surface area contributed by atoms with Gasteiger partial charge in [-0.15, -0.1) is 0 Å². The number of phosphoric ester groups is 1. The molecule has 0 saturated carbocycles. The van der Waals surface area contributed by atoms with Crippen LogP contribution in [-0.2, 0) is 27.9 Å². The molecule has 0 aliphatic rings. The Morgan fingerprint density at radius 2 is 0.882 bits per heavy atom. The largest absolute Gasteiger partial charge is 0.756 e. The van der Waals surface area contributed by atoms with Crippen LogP contribution < -0.4 is 10.2 Å². The number of quaternary nitrogens is 1. The van der Waals surface area contributed by atoms with Gasteiger partial charge >= 0.3 is 5.97 Å². The number of carbonyl (C=O) groups excluding carboxylic acids is 2. The van der Waals surface area contributed by atoms with E-state index in [2.05, 4.69) is 50.4 Å². The molecule has 1 N–H and O–H groups in total. The molecular formula is C58H111N2O7P. The fourth-order valence-electron chi connectivity index (χ4n) is 8.34. The topological polar surface area (TPSA) is 114 Å². The number of phosphoric acid groups is 1. The summed E-state index contributed by atoms with van der Waals surface area (Å²) >= 11 is 0. The first-order valence-corrected chi connectivity index (χ1v) is 30.3. The van der Waals surface area contributed by atoms with E-state index in [1.54, 1.807) is 0 Å². The lowest BCUT2D eigenvalue weighted by Crippen LogP contribution is -2.47. The average molecular weight is 980 g/mol. The van der Waals surface area contributed by atoms with Gasteiger partial charge in [0.15, 0.2) is 0 Å². The first-order chi connectivity index (χ1) is 32.9. The first-order valence-electron chi connectivity index (χ1n) is 28.8. The number of allylic oxidation sites excluding steroid dienone is 5. The van der Waals surface area contributed by atoms with Crippen molar-refractivity contribution >= 4 is 19.7 Å². The molecule has 3 atom stereocenters. The summed E-state index contributed by atoms with van der Waals surface area (Å²) in [4.78, 5) is 39.8. The molecule has 0 heterocycles. The summed E-state index contributed by atoms with van der Waals surface area (Å²) in [5, 5.41) is 3.01. The Labute approximate surface area is 421 Å². The Bertz CT molecular complexity index is 1270. The maximum Gasteiger partial charge on any atom is 0.306 e. The van der Waals surface area contributed by atoms with E-state index < -0.39 is 26.6 Å². The van der Waals surface area contributed by atoms with Crippen LogP contribution in [0.4, 0.5) is 0 Å². The molecule has 0 aromatic carbocycles. The molecular weight excluding hydrogens is 868 g/mol. The zero-order valence-corrected chi connectivity index (χ0v) is 46.5. The van der Waals surface area contributed by atoms with Gasteiger partial charge in [-0.2, -0.15) is 0 Å². The maximum absolute atomic E-state index is 13.5. The second kappa shape index (κ2) is 48.8. The Hall–Kier alpha value is -1.77. The molecule has 10 heteroatoms. The number of carbonyl (C=O) groups is 2. The fourth-order valence-corrected chi connectivity index (χ4v) is 9.06. The minimum absolute atomic E-state index is 0.0255. The minimum Gasteiger partial charge on any atom is -0.756 e. The molecule has 0 spiro atoms. The van der Waals surface area contributed by atoms with Gasteiger partial charge in [0.1, 0.15) is 19.3 Å². The number of amides is 1. The van der Waals surface area contributed by atoms with Gasteiger partial charge in [-0.3, -0.25) is 14.2 Å². The molecule has 1 amide bonds. The van der Waals surface area contributed by atoms with Gasteiger partial charge in [0, 0.05) is 12.8 Å². The van der Waals surface area contributed by atoms with Gasteiger partial charge in [0.05, 0.1) is 33.8 Å². The zero-order chi connectivity index (χ0) is 50.1. The van der Waals surface area contributed by atoms with Gasteiger partial charge in [-0.25, -0.2) is 0 Å². The highest BCUT2D eigenvalue weighted by Crippen LogP contribution is 2.38. The van der Waals surface area contributed by atoms with Crippen molar-refractivity contribution in [3.63, 3.8) is 0 Å². The second-order valence-electron chi connectivity index (χ2n) is 20.8. The molecule has 400 valence electrons. The van der Waals surface area contributed by atoms with Gasteiger partial charge in [-0.05, 0) is 57.4 Å². The van der Waals surface area contributed by atoms with Crippen LogP contribution in [0.3, 0.4) is 0 Å². The third kappa shape index (κ3) is 49.2. The van der Waals surface area contributed by atoms with Crippen molar-refractivity contribution in [1.82, 2.24) is 5.32 Å². The quantitative estimate of drug-likeness (QED) is 0.0161. The molecule has 0 fully saturated rings. The summed E-state index contributed by atoms with van der Waals surface area (Å²) < 4.78 is 30.2. The maximum atomic E-state index is 13.5. The number of unbranched alkanes of at least 4 members (excludes halogenated alkanes) is 33. The number of rotatable bonds is 52. The van der Waals surface area contributed by atoms with E-state index in [9.17, 15) is 19.0 Å². The van der Waals surface area contributed by atoms with Crippen molar-refractivity contribution in [2.45, 2.75) is 283 Å². The van der Waals surface area contributed by atoms with Gasteiger partial charge in [-0.1, -0.05) is 237 Å². The number of nitrogens with one attached hydrogen (secondary N) is 1.